The fourth-order valence-electron chi connectivity index (χ4n) is 5.52. The molecule has 4 aliphatic rings. The molecule has 0 bridgehead atoms. The summed E-state index contributed by atoms with van der Waals surface area (Å²) in [6.45, 7) is 1.28. The summed E-state index contributed by atoms with van der Waals surface area (Å²) in [5, 5.41) is 0. The molecule has 4 unspecified atom stereocenters. The highest BCUT2D eigenvalue weighted by Crippen LogP contribution is 2.41. The van der Waals surface area contributed by atoms with Gasteiger partial charge in [-0.1, -0.05) is 6.07 Å². The van der Waals surface area contributed by atoms with Crippen molar-refractivity contribution < 1.29 is 51.1 Å². The molecule has 38 heavy (non-hydrogen) atoms. The maximum absolute atomic E-state index is 13.1. The summed E-state index contributed by atoms with van der Waals surface area (Å²) in [6, 6.07) is 4.74. The van der Waals surface area contributed by atoms with Crippen molar-refractivity contribution >= 4 is 5.97 Å². The molecule has 1 aromatic carbocycles. The fraction of sp³-hybridized carbons (Fsp3) is 0.741. The summed E-state index contributed by atoms with van der Waals surface area (Å²) in [4.78, 5) is 12.0. The Morgan fingerprint density at radius 1 is 1.00 bits per heavy atom. The number of ether oxygens (including phenoxy) is 7. The molecule has 0 aromatic heterocycles. The van der Waals surface area contributed by atoms with Gasteiger partial charge in [-0.25, -0.2) is 0 Å². The van der Waals surface area contributed by atoms with Crippen LogP contribution in [0.3, 0.4) is 0 Å². The number of carbonyl (C=O) groups is 1. The predicted octanol–water partition coefficient (Wildman–Crippen LogP) is 4.63. The van der Waals surface area contributed by atoms with E-state index in [1.54, 1.807) is 0 Å². The van der Waals surface area contributed by atoms with Gasteiger partial charge in [0.15, 0.2) is 12.6 Å². The Bertz CT molecular complexity index is 916. The zero-order valence-corrected chi connectivity index (χ0v) is 21.2. The van der Waals surface area contributed by atoms with Crippen molar-refractivity contribution in [2.45, 2.75) is 94.5 Å². The first-order valence-corrected chi connectivity index (χ1v) is 13.5. The summed E-state index contributed by atoms with van der Waals surface area (Å²) >= 11 is 0. The highest BCUT2D eigenvalue weighted by Gasteiger charge is 2.52. The van der Waals surface area contributed by atoms with Crippen LogP contribution in [0.25, 0.3) is 0 Å². The fourth-order valence-corrected chi connectivity index (χ4v) is 5.52. The number of rotatable bonds is 10. The Morgan fingerprint density at radius 3 is 2.47 bits per heavy atom. The van der Waals surface area contributed by atoms with Crippen LogP contribution < -0.4 is 4.74 Å². The molecular weight excluding hydrogens is 509 g/mol. The van der Waals surface area contributed by atoms with Crippen LogP contribution in [0, 0.1) is 5.92 Å². The minimum Gasteiger partial charge on any atom is -0.491 e. The van der Waals surface area contributed by atoms with E-state index in [4.69, 9.17) is 33.2 Å². The number of esters is 1. The van der Waals surface area contributed by atoms with Crippen LogP contribution >= 0.6 is 0 Å². The summed E-state index contributed by atoms with van der Waals surface area (Å²) in [5.41, 5.74) is -0.785. The van der Waals surface area contributed by atoms with Crippen molar-refractivity contribution in [2.24, 2.45) is 5.92 Å². The van der Waals surface area contributed by atoms with Gasteiger partial charge in [0.1, 0.15) is 24.6 Å². The average molecular weight is 545 g/mol. The van der Waals surface area contributed by atoms with Crippen molar-refractivity contribution in [1.29, 1.82) is 0 Å². The Kier molecular flexibility index (Phi) is 9.10. The first-order chi connectivity index (χ1) is 18.3. The van der Waals surface area contributed by atoms with Crippen molar-refractivity contribution in [3.8, 4) is 5.75 Å². The second-order valence-electron chi connectivity index (χ2n) is 10.3. The number of hydrogen-bond acceptors (Lipinski definition) is 8. The number of benzene rings is 1. The van der Waals surface area contributed by atoms with Gasteiger partial charge in [-0.05, 0) is 56.7 Å². The van der Waals surface area contributed by atoms with Crippen LogP contribution in [-0.4, -0.2) is 69.4 Å². The third kappa shape index (κ3) is 7.18. The first-order valence-electron chi connectivity index (χ1n) is 13.5. The van der Waals surface area contributed by atoms with E-state index in [-0.39, 0.29) is 55.8 Å². The van der Waals surface area contributed by atoms with E-state index in [9.17, 15) is 18.0 Å². The number of alkyl halides is 3. The van der Waals surface area contributed by atoms with Gasteiger partial charge in [-0.2, -0.15) is 13.2 Å². The summed E-state index contributed by atoms with van der Waals surface area (Å²) in [5.74, 6) is -0.311. The van der Waals surface area contributed by atoms with Crippen LogP contribution in [0.15, 0.2) is 24.3 Å². The molecule has 0 spiro atoms. The van der Waals surface area contributed by atoms with E-state index < -0.39 is 30.2 Å². The molecule has 8 nitrogen and oxygen atoms in total. The number of hydrogen-bond donors (Lipinski definition) is 0. The zero-order chi connectivity index (χ0) is 26.5. The predicted molar refractivity (Wildman–Crippen MR) is 126 cm³/mol. The Hall–Kier alpha value is -1.92. The molecule has 3 saturated heterocycles. The average Bonchev–Trinajstić information content (AvgIpc) is 3.42. The quantitative estimate of drug-likeness (QED) is 0.395. The van der Waals surface area contributed by atoms with Gasteiger partial charge in [-0.15, -0.1) is 0 Å². The van der Waals surface area contributed by atoms with Gasteiger partial charge in [0.25, 0.3) is 0 Å². The minimum atomic E-state index is -4.47. The van der Waals surface area contributed by atoms with E-state index in [2.05, 4.69) is 0 Å². The second kappa shape index (κ2) is 12.5. The smallest absolute Gasteiger partial charge is 0.416 e. The van der Waals surface area contributed by atoms with E-state index in [1.807, 2.05) is 0 Å². The van der Waals surface area contributed by atoms with Crippen molar-refractivity contribution in [2.75, 3.05) is 26.4 Å². The molecule has 212 valence electrons. The maximum atomic E-state index is 13.1. The maximum Gasteiger partial charge on any atom is 0.416 e. The molecule has 1 aromatic rings. The summed E-state index contributed by atoms with van der Waals surface area (Å²) < 4.78 is 80.8. The minimum absolute atomic E-state index is 0.0331. The highest BCUT2D eigenvalue weighted by atomic mass is 19.4. The molecule has 4 fully saturated rings. The van der Waals surface area contributed by atoms with Gasteiger partial charge in [-0.3, -0.25) is 4.79 Å². The lowest BCUT2D eigenvalue weighted by molar-refractivity contribution is -0.226. The Balaban J connectivity index is 1.24. The number of halogens is 3. The van der Waals surface area contributed by atoms with Crippen molar-refractivity contribution in [3.63, 3.8) is 0 Å². The summed E-state index contributed by atoms with van der Waals surface area (Å²) in [7, 11) is 0. The molecule has 0 radical (unpaired) electrons. The van der Waals surface area contributed by atoms with Gasteiger partial charge >= 0.3 is 12.1 Å². The third-order valence-corrected chi connectivity index (χ3v) is 7.43. The van der Waals surface area contributed by atoms with Crippen LogP contribution in [0.4, 0.5) is 13.2 Å². The third-order valence-electron chi connectivity index (χ3n) is 7.43. The Labute approximate surface area is 220 Å². The monoisotopic (exact) mass is 544 g/mol. The van der Waals surface area contributed by atoms with Crippen molar-refractivity contribution in [1.82, 2.24) is 0 Å². The van der Waals surface area contributed by atoms with E-state index in [1.165, 1.54) is 12.1 Å². The molecule has 3 aliphatic heterocycles. The second-order valence-corrected chi connectivity index (χ2v) is 10.3. The van der Waals surface area contributed by atoms with Crippen molar-refractivity contribution in [3.05, 3.63) is 29.8 Å². The lowest BCUT2D eigenvalue weighted by Crippen LogP contribution is -2.40. The molecule has 7 atom stereocenters. The van der Waals surface area contributed by atoms with Crippen LogP contribution in [0.5, 0.6) is 5.75 Å². The van der Waals surface area contributed by atoms with Gasteiger partial charge in [0, 0.05) is 25.6 Å². The Morgan fingerprint density at radius 2 is 1.76 bits per heavy atom. The summed E-state index contributed by atoms with van der Waals surface area (Å²) in [6.07, 6.45) is -0.631. The molecule has 3 heterocycles. The molecular formula is C27H35F3O8. The lowest BCUT2D eigenvalue weighted by Gasteiger charge is -2.32. The molecule has 5 rings (SSSR count). The molecule has 0 N–H and O–H groups in total. The van der Waals surface area contributed by atoms with E-state index >= 15 is 0 Å². The van der Waals surface area contributed by atoms with E-state index in [0.29, 0.717) is 26.1 Å². The topological polar surface area (TPSA) is 81.7 Å². The zero-order valence-electron chi connectivity index (χ0n) is 21.2. The lowest BCUT2D eigenvalue weighted by atomic mass is 10.0. The highest BCUT2D eigenvalue weighted by molar-refractivity contribution is 5.72. The number of fused-ring (bicyclic) bond motifs is 1. The normalized spacial score (nSPS) is 32.6. The van der Waals surface area contributed by atoms with E-state index in [0.717, 1.165) is 44.2 Å². The van der Waals surface area contributed by atoms with Crippen LogP contribution in [0.2, 0.25) is 0 Å². The SMILES string of the molecule is O=C1C[C@@H]2C(OCC(COc3cccc(C(F)(F)F)c3)OC3CCCCO3)[C@@H](OC3CCCCO3)C[C@@H]2O1. The first kappa shape index (κ1) is 27.6. The molecule has 1 saturated carbocycles. The largest absolute Gasteiger partial charge is 0.491 e. The van der Waals surface area contributed by atoms with Crippen LogP contribution in [-0.2, 0) is 39.4 Å². The molecule has 0 amide bonds. The van der Waals surface area contributed by atoms with Gasteiger partial charge in [0.2, 0.25) is 0 Å². The standard InChI is InChI=1S/C27H35F3O8/c28-27(29,30)17-6-5-7-18(12-17)34-15-19(36-24-8-1-3-10-32-24)16-35-26-20-13-23(31)37-21(20)14-22(26)38-25-9-2-4-11-33-25/h5-7,12,19-22,24-26H,1-4,8-11,13-16H2/t19?,20-,21-,22-,24?,25?,26?/m0/s1. The molecule has 1 aliphatic carbocycles. The number of carbonyl (C=O) groups excluding carboxylic acids is 1. The van der Waals surface area contributed by atoms with Gasteiger partial charge < -0.3 is 33.2 Å². The van der Waals surface area contributed by atoms with Crippen LogP contribution in [0.1, 0.15) is 56.9 Å². The van der Waals surface area contributed by atoms with Gasteiger partial charge in [0.05, 0.1) is 30.8 Å². The molecule has 11 heteroatoms.